The molecule has 22 heavy (non-hydrogen) atoms. The molecule has 1 saturated heterocycles. The van der Waals surface area contributed by atoms with Gasteiger partial charge in [0, 0.05) is 12.6 Å². The molecule has 2 fully saturated rings. The third-order valence-corrected chi connectivity index (χ3v) is 5.55. The molecule has 0 bridgehead atoms. The van der Waals surface area contributed by atoms with Gasteiger partial charge in [-0.2, -0.15) is 0 Å². The molecule has 116 valence electrons. The van der Waals surface area contributed by atoms with Crippen LogP contribution in [0.4, 0.5) is 0 Å². The second kappa shape index (κ2) is 5.39. The molecule has 1 atom stereocenters. The van der Waals surface area contributed by atoms with Gasteiger partial charge >= 0.3 is 5.76 Å². The van der Waals surface area contributed by atoms with Crippen LogP contribution in [0.1, 0.15) is 41.8 Å². The highest BCUT2D eigenvalue weighted by Gasteiger charge is 2.39. The summed E-state index contributed by atoms with van der Waals surface area (Å²) in [5, 5.41) is 3.67. The molecule has 2 aliphatic rings. The third kappa shape index (κ3) is 2.49. The zero-order valence-electron chi connectivity index (χ0n) is 12.1. The van der Waals surface area contributed by atoms with Crippen LogP contribution in [0.15, 0.2) is 21.5 Å². The van der Waals surface area contributed by atoms with Crippen molar-refractivity contribution in [3.63, 3.8) is 0 Å². The van der Waals surface area contributed by atoms with Gasteiger partial charge in [-0.15, -0.1) is 11.3 Å². The van der Waals surface area contributed by atoms with Crippen LogP contribution in [-0.2, 0) is 0 Å². The van der Waals surface area contributed by atoms with Crippen LogP contribution in [0.3, 0.4) is 0 Å². The maximum atomic E-state index is 12.8. The Morgan fingerprint density at radius 2 is 2.18 bits per heavy atom. The molecule has 1 unspecified atom stereocenters. The Labute approximate surface area is 131 Å². The fraction of sp³-hybridized carbons (Fsp3) is 0.533. The van der Waals surface area contributed by atoms with Crippen molar-refractivity contribution in [1.29, 1.82) is 0 Å². The van der Waals surface area contributed by atoms with Crippen molar-refractivity contribution in [2.45, 2.75) is 38.1 Å². The van der Waals surface area contributed by atoms with Crippen LogP contribution in [0.5, 0.6) is 0 Å². The van der Waals surface area contributed by atoms with Crippen LogP contribution in [0.25, 0.3) is 10.7 Å². The zero-order valence-corrected chi connectivity index (χ0v) is 12.9. The second-order valence-corrected chi connectivity index (χ2v) is 7.09. The van der Waals surface area contributed by atoms with Gasteiger partial charge in [0.25, 0.3) is 5.91 Å². The first-order chi connectivity index (χ1) is 10.7. The van der Waals surface area contributed by atoms with Gasteiger partial charge in [0.15, 0.2) is 5.82 Å². The molecule has 1 saturated carbocycles. The van der Waals surface area contributed by atoms with Crippen molar-refractivity contribution < 1.29 is 9.32 Å². The Morgan fingerprint density at radius 3 is 2.91 bits per heavy atom. The van der Waals surface area contributed by atoms with E-state index in [1.807, 2.05) is 12.1 Å². The number of hydrogen-bond donors (Lipinski definition) is 1. The molecule has 4 rings (SSSR count). The predicted molar refractivity (Wildman–Crippen MR) is 81.8 cm³/mol. The number of amides is 1. The van der Waals surface area contributed by atoms with Gasteiger partial charge in [-0.05, 0) is 50.2 Å². The Balaban J connectivity index is 1.57. The Hall–Kier alpha value is -1.89. The number of hydrogen-bond acceptors (Lipinski definition) is 5. The van der Waals surface area contributed by atoms with Gasteiger partial charge in [0.05, 0.1) is 9.75 Å². The molecule has 7 heteroatoms. The van der Waals surface area contributed by atoms with E-state index in [4.69, 9.17) is 0 Å². The van der Waals surface area contributed by atoms with E-state index in [2.05, 4.69) is 19.6 Å². The molecule has 2 aromatic heterocycles. The van der Waals surface area contributed by atoms with E-state index in [-0.39, 0.29) is 5.91 Å². The topological polar surface area (TPSA) is 79.2 Å². The molecular weight excluding hydrogens is 302 g/mol. The minimum absolute atomic E-state index is 0.110. The lowest BCUT2D eigenvalue weighted by Gasteiger charge is -2.35. The largest absolute Gasteiger partial charge is 0.439 e. The molecule has 6 nitrogen and oxygen atoms in total. The van der Waals surface area contributed by atoms with Gasteiger partial charge in [-0.1, -0.05) is 5.16 Å². The van der Waals surface area contributed by atoms with E-state index in [1.54, 1.807) is 0 Å². The summed E-state index contributed by atoms with van der Waals surface area (Å²) in [5.74, 6) is 0.613. The first-order valence-corrected chi connectivity index (χ1v) is 8.51. The Bertz CT molecular complexity index is 743. The Morgan fingerprint density at radius 1 is 1.32 bits per heavy atom. The molecule has 0 spiro atoms. The maximum absolute atomic E-state index is 12.8. The molecule has 0 aromatic carbocycles. The van der Waals surface area contributed by atoms with Crippen LogP contribution in [-0.4, -0.2) is 33.5 Å². The van der Waals surface area contributed by atoms with E-state index in [1.165, 1.54) is 30.6 Å². The first-order valence-electron chi connectivity index (χ1n) is 7.69. The standard InChI is InChI=1S/C15H17N3O3S/c19-14(18-8-2-1-3-10(18)9-4-5-9)12-7-6-11(22-12)13-16-15(20)21-17-13/h6-7,9-10H,1-5,8H2,(H,16,17,20). The van der Waals surface area contributed by atoms with E-state index < -0.39 is 5.76 Å². The maximum Gasteiger partial charge on any atom is 0.439 e. The van der Waals surface area contributed by atoms with Gasteiger partial charge in [0.1, 0.15) is 0 Å². The molecule has 1 aliphatic heterocycles. The summed E-state index contributed by atoms with van der Waals surface area (Å²) < 4.78 is 4.51. The quantitative estimate of drug-likeness (QED) is 0.942. The highest BCUT2D eigenvalue weighted by molar-refractivity contribution is 7.17. The number of piperidine rings is 1. The van der Waals surface area contributed by atoms with E-state index >= 15 is 0 Å². The SMILES string of the molecule is O=C(c1ccc(-c2noc(=O)[nH]2)s1)N1CCCCC1C1CC1. The van der Waals surface area contributed by atoms with Gasteiger partial charge in [-0.3, -0.25) is 14.3 Å². The van der Waals surface area contributed by atoms with Crippen molar-refractivity contribution in [2.24, 2.45) is 5.92 Å². The number of nitrogens with one attached hydrogen (secondary N) is 1. The number of aromatic nitrogens is 2. The van der Waals surface area contributed by atoms with Crippen molar-refractivity contribution >= 4 is 17.2 Å². The average molecular weight is 319 g/mol. The lowest BCUT2D eigenvalue weighted by atomic mass is 9.98. The number of carbonyl (C=O) groups is 1. The van der Waals surface area contributed by atoms with Crippen molar-refractivity contribution in [3.8, 4) is 10.7 Å². The normalized spacial score (nSPS) is 22.0. The van der Waals surface area contributed by atoms with E-state index in [0.717, 1.165) is 24.3 Å². The van der Waals surface area contributed by atoms with Gasteiger partial charge in [-0.25, -0.2) is 4.79 Å². The average Bonchev–Trinajstić information content (AvgIpc) is 3.10. The number of nitrogens with zero attached hydrogens (tertiary/aromatic N) is 2. The van der Waals surface area contributed by atoms with E-state index in [0.29, 0.717) is 22.7 Å². The number of thiophene rings is 1. The second-order valence-electron chi connectivity index (χ2n) is 6.01. The highest BCUT2D eigenvalue weighted by Crippen LogP contribution is 2.40. The lowest BCUT2D eigenvalue weighted by molar-refractivity contribution is 0.0587. The van der Waals surface area contributed by atoms with Crippen molar-refractivity contribution in [2.75, 3.05) is 6.54 Å². The molecule has 1 aliphatic carbocycles. The smallest absolute Gasteiger partial charge is 0.335 e. The number of likely N-dealkylation sites (tertiary alicyclic amines) is 1. The number of rotatable bonds is 3. The fourth-order valence-corrected chi connectivity index (χ4v) is 4.14. The summed E-state index contributed by atoms with van der Waals surface area (Å²) in [6, 6.07) is 4.04. The minimum Gasteiger partial charge on any atom is -0.335 e. The van der Waals surface area contributed by atoms with Crippen molar-refractivity contribution in [3.05, 3.63) is 27.6 Å². The van der Waals surface area contributed by atoms with Crippen LogP contribution in [0, 0.1) is 5.92 Å². The summed E-state index contributed by atoms with van der Waals surface area (Å²) in [6.45, 7) is 0.855. The predicted octanol–water partition coefficient (Wildman–Crippen LogP) is 2.50. The van der Waals surface area contributed by atoms with Gasteiger partial charge in [0.2, 0.25) is 0 Å². The highest BCUT2D eigenvalue weighted by atomic mass is 32.1. The first kappa shape index (κ1) is 13.8. The molecule has 3 heterocycles. The number of aromatic amines is 1. The third-order valence-electron chi connectivity index (χ3n) is 4.47. The van der Waals surface area contributed by atoms with E-state index in [9.17, 15) is 9.59 Å². The number of H-pyrrole nitrogens is 1. The lowest BCUT2D eigenvalue weighted by Crippen LogP contribution is -2.44. The number of carbonyl (C=O) groups excluding carboxylic acids is 1. The summed E-state index contributed by atoms with van der Waals surface area (Å²) in [6.07, 6.45) is 5.95. The van der Waals surface area contributed by atoms with Crippen LogP contribution >= 0.6 is 11.3 Å². The summed E-state index contributed by atoms with van der Waals surface area (Å²) in [7, 11) is 0. The molecule has 1 amide bonds. The molecule has 1 N–H and O–H groups in total. The van der Waals surface area contributed by atoms with Crippen molar-refractivity contribution in [1.82, 2.24) is 15.0 Å². The minimum atomic E-state index is -0.582. The summed E-state index contributed by atoms with van der Waals surface area (Å²) >= 11 is 1.35. The zero-order chi connectivity index (χ0) is 15.1. The Kier molecular flexibility index (Phi) is 3.37. The summed E-state index contributed by atoms with van der Waals surface area (Å²) in [5.41, 5.74) is 0. The van der Waals surface area contributed by atoms with Crippen LogP contribution < -0.4 is 5.76 Å². The molecule has 2 aromatic rings. The summed E-state index contributed by atoms with van der Waals surface area (Å²) in [4.78, 5) is 29.9. The van der Waals surface area contributed by atoms with Gasteiger partial charge < -0.3 is 4.90 Å². The monoisotopic (exact) mass is 319 g/mol. The fourth-order valence-electron chi connectivity index (χ4n) is 3.24. The van der Waals surface area contributed by atoms with Crippen LogP contribution in [0.2, 0.25) is 0 Å². The molecular formula is C15H17N3O3S. The molecule has 0 radical (unpaired) electrons.